The second kappa shape index (κ2) is 13.0. The Labute approximate surface area is 242 Å². The minimum atomic E-state index is -1.02. The Balaban J connectivity index is 1.49. The summed E-state index contributed by atoms with van der Waals surface area (Å²) in [6.45, 7) is 2.70. The van der Waals surface area contributed by atoms with Crippen LogP contribution in [0.5, 0.6) is 0 Å². The molecule has 212 valence electrons. The van der Waals surface area contributed by atoms with E-state index in [9.17, 15) is 14.0 Å². The van der Waals surface area contributed by atoms with Crippen LogP contribution in [-0.2, 0) is 27.3 Å². The standard InChI is InChI=1S/C30H30ClFN6O3/c1-2-20-9-15-23(16-10-20)38(27(39)19-37-35-29(34-36-37)25-7-3-4-8-26(25)32)28(21-11-13-22(31)14-12-21)30(40)33-18-24-6-5-17-41-24/h3-4,7-16,24,28H,2,5-6,17-19H2,1H3,(H,33,40)/t24-,28-/m1/s1. The molecule has 5 rings (SSSR count). The maximum absolute atomic E-state index is 14.3. The van der Waals surface area contributed by atoms with Crippen molar-refractivity contribution in [1.29, 1.82) is 0 Å². The molecule has 11 heteroatoms. The lowest BCUT2D eigenvalue weighted by Gasteiger charge is -2.32. The molecule has 0 saturated carbocycles. The highest BCUT2D eigenvalue weighted by molar-refractivity contribution is 6.30. The van der Waals surface area contributed by atoms with Crippen LogP contribution in [0.1, 0.15) is 36.9 Å². The van der Waals surface area contributed by atoms with Gasteiger partial charge in [0.25, 0.3) is 5.91 Å². The number of anilines is 1. The number of hydrogen-bond donors (Lipinski definition) is 1. The second-order valence-corrected chi connectivity index (χ2v) is 10.2. The highest BCUT2D eigenvalue weighted by Crippen LogP contribution is 2.30. The minimum Gasteiger partial charge on any atom is -0.376 e. The van der Waals surface area contributed by atoms with Gasteiger partial charge in [-0.1, -0.05) is 54.9 Å². The molecule has 1 aliphatic heterocycles. The van der Waals surface area contributed by atoms with Crippen molar-refractivity contribution in [3.8, 4) is 11.4 Å². The molecule has 1 N–H and O–H groups in total. The molecule has 2 atom stereocenters. The third-order valence-corrected chi connectivity index (χ3v) is 7.21. The summed E-state index contributed by atoms with van der Waals surface area (Å²) in [5.41, 5.74) is 2.35. The van der Waals surface area contributed by atoms with Crippen LogP contribution in [0.3, 0.4) is 0 Å². The molecule has 41 heavy (non-hydrogen) atoms. The molecule has 2 amide bonds. The van der Waals surface area contributed by atoms with Gasteiger partial charge in [-0.15, -0.1) is 10.2 Å². The highest BCUT2D eigenvalue weighted by atomic mass is 35.5. The molecule has 4 aromatic rings. The first kappa shape index (κ1) is 28.4. The molecule has 0 bridgehead atoms. The van der Waals surface area contributed by atoms with Crippen molar-refractivity contribution in [2.75, 3.05) is 18.1 Å². The molecule has 0 spiro atoms. The first-order valence-corrected chi connectivity index (χ1v) is 13.9. The van der Waals surface area contributed by atoms with Gasteiger partial charge in [-0.25, -0.2) is 4.39 Å². The Hall–Kier alpha value is -4.15. The molecule has 0 aliphatic carbocycles. The van der Waals surface area contributed by atoms with Crippen molar-refractivity contribution in [2.45, 2.75) is 44.9 Å². The Morgan fingerprint density at radius 2 is 1.88 bits per heavy atom. The van der Waals surface area contributed by atoms with E-state index in [2.05, 4.69) is 20.7 Å². The molecule has 3 aromatic carbocycles. The summed E-state index contributed by atoms with van der Waals surface area (Å²) in [5, 5.41) is 15.6. The fraction of sp³-hybridized carbons (Fsp3) is 0.300. The molecule has 1 aromatic heterocycles. The van der Waals surface area contributed by atoms with Crippen molar-refractivity contribution in [3.63, 3.8) is 0 Å². The number of aryl methyl sites for hydroxylation is 1. The van der Waals surface area contributed by atoms with Crippen molar-refractivity contribution in [1.82, 2.24) is 25.5 Å². The van der Waals surface area contributed by atoms with Crippen molar-refractivity contribution in [2.24, 2.45) is 0 Å². The first-order valence-electron chi connectivity index (χ1n) is 13.5. The van der Waals surface area contributed by atoms with E-state index in [0.29, 0.717) is 29.4 Å². The van der Waals surface area contributed by atoms with E-state index in [1.165, 1.54) is 17.0 Å². The van der Waals surface area contributed by atoms with Gasteiger partial charge in [-0.3, -0.25) is 14.5 Å². The zero-order valence-electron chi connectivity index (χ0n) is 22.5. The average molecular weight is 577 g/mol. The van der Waals surface area contributed by atoms with Crippen LogP contribution in [0.25, 0.3) is 11.4 Å². The van der Waals surface area contributed by atoms with Crippen LogP contribution in [0, 0.1) is 5.82 Å². The molecule has 0 radical (unpaired) electrons. The van der Waals surface area contributed by atoms with Crippen molar-refractivity contribution >= 4 is 29.1 Å². The van der Waals surface area contributed by atoms with E-state index in [4.69, 9.17) is 16.3 Å². The number of hydrogen-bond acceptors (Lipinski definition) is 6. The molecular weight excluding hydrogens is 547 g/mol. The number of benzene rings is 3. The maximum atomic E-state index is 14.3. The number of nitrogens with one attached hydrogen (secondary N) is 1. The molecule has 1 saturated heterocycles. The lowest BCUT2D eigenvalue weighted by Crippen LogP contribution is -2.46. The Morgan fingerprint density at radius 3 is 2.56 bits per heavy atom. The predicted molar refractivity (Wildman–Crippen MR) is 153 cm³/mol. The first-order chi connectivity index (χ1) is 19.9. The fourth-order valence-corrected chi connectivity index (χ4v) is 4.89. The number of rotatable bonds is 10. The third-order valence-electron chi connectivity index (χ3n) is 6.96. The number of tetrazole rings is 1. The SMILES string of the molecule is CCc1ccc(N(C(=O)Cn2nnc(-c3ccccc3F)n2)[C@@H](C(=O)NC[C@H]2CCCO2)c2ccc(Cl)cc2)cc1. The summed E-state index contributed by atoms with van der Waals surface area (Å²) in [5.74, 6) is -1.27. The number of ether oxygens (including phenoxy) is 1. The molecule has 1 aliphatic rings. The number of amides is 2. The van der Waals surface area contributed by atoms with Crippen LogP contribution in [0.2, 0.25) is 5.02 Å². The van der Waals surface area contributed by atoms with Gasteiger partial charge in [0.05, 0.1) is 11.7 Å². The molecular formula is C30H30ClFN6O3. The monoisotopic (exact) mass is 576 g/mol. The normalized spacial score (nSPS) is 15.4. The highest BCUT2D eigenvalue weighted by Gasteiger charge is 2.34. The van der Waals surface area contributed by atoms with Crippen LogP contribution in [-0.4, -0.2) is 51.3 Å². The van der Waals surface area contributed by atoms with E-state index < -0.39 is 17.8 Å². The Kier molecular flexibility index (Phi) is 9.01. The van der Waals surface area contributed by atoms with Gasteiger partial charge in [0, 0.05) is 23.9 Å². The summed E-state index contributed by atoms with van der Waals surface area (Å²) in [6.07, 6.45) is 2.54. The molecule has 0 unspecified atom stereocenters. The van der Waals surface area contributed by atoms with E-state index >= 15 is 0 Å². The topological polar surface area (TPSA) is 102 Å². The molecule has 9 nitrogen and oxygen atoms in total. The maximum Gasteiger partial charge on any atom is 0.251 e. The van der Waals surface area contributed by atoms with Gasteiger partial charge in [0.1, 0.15) is 18.4 Å². The van der Waals surface area contributed by atoms with Crippen molar-refractivity contribution in [3.05, 3.63) is 94.8 Å². The van der Waals surface area contributed by atoms with Gasteiger partial charge in [-0.2, -0.15) is 4.80 Å². The van der Waals surface area contributed by atoms with Crippen LogP contribution >= 0.6 is 11.6 Å². The fourth-order valence-electron chi connectivity index (χ4n) is 4.77. The zero-order chi connectivity index (χ0) is 28.8. The van der Waals surface area contributed by atoms with E-state index in [1.54, 1.807) is 36.4 Å². The molecule has 1 fully saturated rings. The van der Waals surface area contributed by atoms with Crippen molar-refractivity contribution < 1.29 is 18.7 Å². The molecule has 2 heterocycles. The zero-order valence-corrected chi connectivity index (χ0v) is 23.3. The smallest absolute Gasteiger partial charge is 0.251 e. The summed E-state index contributed by atoms with van der Waals surface area (Å²) < 4.78 is 20.0. The number of carbonyl (C=O) groups is 2. The number of halogens is 2. The van der Waals surface area contributed by atoms with Gasteiger partial charge in [0.2, 0.25) is 11.7 Å². The number of nitrogens with zero attached hydrogens (tertiary/aromatic N) is 5. The Morgan fingerprint density at radius 1 is 1.12 bits per heavy atom. The largest absolute Gasteiger partial charge is 0.376 e. The van der Waals surface area contributed by atoms with Gasteiger partial charge < -0.3 is 10.1 Å². The van der Waals surface area contributed by atoms with Crippen LogP contribution < -0.4 is 10.2 Å². The lowest BCUT2D eigenvalue weighted by molar-refractivity contribution is -0.127. The average Bonchev–Trinajstić information content (AvgIpc) is 3.68. The minimum absolute atomic E-state index is 0.0540. The summed E-state index contributed by atoms with van der Waals surface area (Å²) in [4.78, 5) is 30.4. The van der Waals surface area contributed by atoms with E-state index in [1.807, 2.05) is 31.2 Å². The number of carbonyl (C=O) groups excluding carboxylic acids is 2. The summed E-state index contributed by atoms with van der Waals surface area (Å²) in [7, 11) is 0. The van der Waals surface area contributed by atoms with Gasteiger partial charge in [0.15, 0.2) is 0 Å². The van der Waals surface area contributed by atoms with E-state index in [0.717, 1.165) is 29.6 Å². The predicted octanol–water partition coefficient (Wildman–Crippen LogP) is 4.76. The van der Waals surface area contributed by atoms with Gasteiger partial charge >= 0.3 is 0 Å². The third kappa shape index (κ3) is 6.78. The Bertz CT molecular complexity index is 1490. The second-order valence-electron chi connectivity index (χ2n) is 9.74. The summed E-state index contributed by atoms with van der Waals surface area (Å²) in [6, 6.07) is 19.3. The lowest BCUT2D eigenvalue weighted by atomic mass is 10.0. The van der Waals surface area contributed by atoms with Gasteiger partial charge in [-0.05, 0) is 72.0 Å². The van der Waals surface area contributed by atoms with Crippen LogP contribution in [0.4, 0.5) is 10.1 Å². The number of aromatic nitrogens is 4. The quantitative estimate of drug-likeness (QED) is 0.292. The van der Waals surface area contributed by atoms with E-state index in [-0.39, 0.29) is 29.9 Å². The van der Waals surface area contributed by atoms with Crippen LogP contribution in [0.15, 0.2) is 72.8 Å². The summed E-state index contributed by atoms with van der Waals surface area (Å²) >= 11 is 6.16.